The van der Waals surface area contributed by atoms with Gasteiger partial charge in [0.2, 0.25) is 5.60 Å². The van der Waals surface area contributed by atoms with Gasteiger partial charge in [0.05, 0.1) is 0 Å². The number of hydrogen-bond acceptors (Lipinski definition) is 3. The van der Waals surface area contributed by atoms with E-state index in [9.17, 15) is 4.79 Å². The minimum atomic E-state index is -0.637. The molecular formula is C9H17N2O2+. The van der Waals surface area contributed by atoms with E-state index in [0.29, 0.717) is 0 Å². The van der Waals surface area contributed by atoms with Crippen molar-refractivity contribution in [3.05, 3.63) is 6.92 Å². The average Bonchev–Trinajstić information content (AvgIpc) is 2.03. The molecule has 0 aliphatic carbocycles. The van der Waals surface area contributed by atoms with Crippen molar-refractivity contribution in [3.8, 4) is 0 Å². The van der Waals surface area contributed by atoms with Gasteiger partial charge in [-0.25, -0.2) is 4.79 Å². The Labute approximate surface area is 79.2 Å². The van der Waals surface area contributed by atoms with Crippen molar-refractivity contribution in [1.29, 1.82) is 0 Å². The first kappa shape index (κ1) is 10.2. The summed E-state index contributed by atoms with van der Waals surface area (Å²) in [6.07, 6.45) is -0.262. The number of rotatable bonds is 1. The lowest BCUT2D eigenvalue weighted by molar-refractivity contribution is 0.0371. The summed E-state index contributed by atoms with van der Waals surface area (Å²) in [6, 6.07) is 0. The predicted octanol–water partition coefficient (Wildman–Crippen LogP) is 0.641. The fraction of sp³-hybridized carbons (Fsp3) is 0.778. The molecule has 74 valence electrons. The van der Waals surface area contributed by atoms with Crippen LogP contribution in [0.4, 0.5) is 4.79 Å². The Hall–Kier alpha value is -0.900. The van der Waals surface area contributed by atoms with Gasteiger partial charge in [0.1, 0.15) is 6.92 Å². The quantitative estimate of drug-likeness (QED) is 0.609. The van der Waals surface area contributed by atoms with Crippen molar-refractivity contribution in [1.82, 2.24) is 10.2 Å². The number of carbonyl (C=O) groups is 1. The van der Waals surface area contributed by atoms with Crippen LogP contribution in [0.5, 0.6) is 0 Å². The second-order valence-electron chi connectivity index (χ2n) is 3.86. The highest BCUT2D eigenvalue weighted by molar-refractivity contribution is 5.68. The molecule has 1 aliphatic rings. The van der Waals surface area contributed by atoms with Gasteiger partial charge >= 0.3 is 6.09 Å². The first-order valence-electron chi connectivity index (χ1n) is 4.53. The standard InChI is InChI=1S/C9H17N2O2/c1-9(2,3)13-8(12)11-6-4-10-5-7-11/h10H,1,4-7H2,2-3H3/q+1. The summed E-state index contributed by atoms with van der Waals surface area (Å²) in [5.74, 6) is 0. The zero-order chi connectivity index (χ0) is 9.90. The summed E-state index contributed by atoms with van der Waals surface area (Å²) in [4.78, 5) is 13.1. The maximum absolute atomic E-state index is 11.4. The van der Waals surface area contributed by atoms with Crippen LogP contribution in [0.3, 0.4) is 0 Å². The second-order valence-corrected chi connectivity index (χ2v) is 3.86. The van der Waals surface area contributed by atoms with E-state index in [1.807, 2.05) is 0 Å². The maximum Gasteiger partial charge on any atom is 0.413 e. The SMILES string of the molecule is [CH2+]C(C)(C)OC(=O)N1CCNCC1. The number of nitrogens with one attached hydrogen (secondary N) is 1. The lowest BCUT2D eigenvalue weighted by Crippen LogP contribution is -2.48. The fourth-order valence-corrected chi connectivity index (χ4v) is 1.15. The van der Waals surface area contributed by atoms with E-state index >= 15 is 0 Å². The van der Waals surface area contributed by atoms with Crippen molar-refractivity contribution < 1.29 is 9.53 Å². The van der Waals surface area contributed by atoms with Gasteiger partial charge < -0.3 is 15.0 Å². The summed E-state index contributed by atoms with van der Waals surface area (Å²) in [7, 11) is 0. The van der Waals surface area contributed by atoms with Crippen LogP contribution in [0.1, 0.15) is 13.8 Å². The van der Waals surface area contributed by atoms with Crippen LogP contribution < -0.4 is 5.32 Å². The van der Waals surface area contributed by atoms with E-state index in [0.717, 1.165) is 26.2 Å². The molecule has 4 heteroatoms. The van der Waals surface area contributed by atoms with E-state index in [2.05, 4.69) is 12.2 Å². The molecule has 1 N–H and O–H groups in total. The van der Waals surface area contributed by atoms with Crippen molar-refractivity contribution in [2.24, 2.45) is 0 Å². The monoisotopic (exact) mass is 185 g/mol. The highest BCUT2D eigenvalue weighted by atomic mass is 16.6. The Kier molecular flexibility index (Phi) is 3.03. The Morgan fingerprint density at radius 1 is 1.46 bits per heavy atom. The molecule has 0 unspecified atom stereocenters. The van der Waals surface area contributed by atoms with Crippen molar-refractivity contribution in [2.75, 3.05) is 26.2 Å². The zero-order valence-electron chi connectivity index (χ0n) is 8.30. The third-order valence-electron chi connectivity index (χ3n) is 1.74. The lowest BCUT2D eigenvalue weighted by Gasteiger charge is -2.28. The smallest absolute Gasteiger partial charge is 0.403 e. The van der Waals surface area contributed by atoms with Gasteiger partial charge in [-0.3, -0.25) is 0 Å². The van der Waals surface area contributed by atoms with Gasteiger partial charge in [-0.05, 0) is 0 Å². The van der Waals surface area contributed by atoms with Crippen LogP contribution in [-0.4, -0.2) is 42.8 Å². The molecule has 1 rings (SSSR count). The molecule has 1 saturated heterocycles. The molecule has 0 aromatic carbocycles. The van der Waals surface area contributed by atoms with Gasteiger partial charge in [0.15, 0.2) is 0 Å². The molecule has 0 radical (unpaired) electrons. The minimum Gasteiger partial charge on any atom is -0.403 e. The predicted molar refractivity (Wildman–Crippen MR) is 50.4 cm³/mol. The molecule has 1 aliphatic heterocycles. The van der Waals surface area contributed by atoms with Crippen LogP contribution >= 0.6 is 0 Å². The minimum absolute atomic E-state index is 0.262. The Morgan fingerprint density at radius 2 is 2.00 bits per heavy atom. The molecule has 0 bridgehead atoms. The van der Waals surface area contributed by atoms with Gasteiger partial charge in [-0.2, -0.15) is 0 Å². The van der Waals surface area contributed by atoms with Crippen molar-refractivity contribution >= 4 is 6.09 Å². The number of carbonyl (C=O) groups excluding carboxylic acids is 1. The molecule has 0 spiro atoms. The van der Waals surface area contributed by atoms with E-state index in [4.69, 9.17) is 4.74 Å². The Bertz CT molecular complexity index is 181. The molecule has 0 aromatic heterocycles. The van der Waals surface area contributed by atoms with E-state index in [1.165, 1.54) is 0 Å². The molecule has 0 atom stereocenters. The normalized spacial score (nSPS) is 18.5. The number of ether oxygens (including phenoxy) is 1. The number of nitrogens with zero attached hydrogens (tertiary/aromatic N) is 1. The third-order valence-corrected chi connectivity index (χ3v) is 1.74. The molecule has 0 aromatic rings. The Balaban J connectivity index is 2.38. The van der Waals surface area contributed by atoms with Gasteiger partial charge in [-0.15, -0.1) is 0 Å². The third kappa shape index (κ3) is 3.55. The molecule has 1 amide bonds. The highest BCUT2D eigenvalue weighted by Gasteiger charge is 2.27. The highest BCUT2D eigenvalue weighted by Crippen LogP contribution is 2.09. The summed E-state index contributed by atoms with van der Waals surface area (Å²) in [5, 5.41) is 3.17. The van der Waals surface area contributed by atoms with Crippen LogP contribution in [0.15, 0.2) is 0 Å². The van der Waals surface area contributed by atoms with Gasteiger partial charge in [-0.1, -0.05) is 0 Å². The van der Waals surface area contributed by atoms with E-state index in [1.54, 1.807) is 18.7 Å². The van der Waals surface area contributed by atoms with Crippen LogP contribution in [0.2, 0.25) is 0 Å². The number of amides is 1. The fourth-order valence-electron chi connectivity index (χ4n) is 1.15. The maximum atomic E-state index is 11.4. The van der Waals surface area contributed by atoms with Gasteiger partial charge in [0, 0.05) is 40.0 Å². The molecule has 13 heavy (non-hydrogen) atoms. The largest absolute Gasteiger partial charge is 0.413 e. The summed E-state index contributed by atoms with van der Waals surface area (Å²) < 4.78 is 5.13. The molecule has 1 heterocycles. The topological polar surface area (TPSA) is 41.6 Å². The van der Waals surface area contributed by atoms with Crippen LogP contribution in [0.25, 0.3) is 0 Å². The van der Waals surface area contributed by atoms with Crippen LogP contribution in [0, 0.1) is 6.92 Å². The molecule has 0 saturated carbocycles. The number of hydrogen-bond donors (Lipinski definition) is 1. The number of piperazine rings is 1. The Morgan fingerprint density at radius 3 is 2.46 bits per heavy atom. The second kappa shape index (κ2) is 3.87. The molecule has 1 fully saturated rings. The average molecular weight is 185 g/mol. The van der Waals surface area contributed by atoms with Crippen molar-refractivity contribution in [2.45, 2.75) is 19.4 Å². The summed E-state index contributed by atoms with van der Waals surface area (Å²) in [5.41, 5.74) is -0.637. The zero-order valence-corrected chi connectivity index (χ0v) is 8.30. The first-order valence-corrected chi connectivity index (χ1v) is 4.53. The van der Waals surface area contributed by atoms with E-state index < -0.39 is 5.60 Å². The van der Waals surface area contributed by atoms with Crippen molar-refractivity contribution in [3.63, 3.8) is 0 Å². The molecular weight excluding hydrogens is 168 g/mol. The first-order chi connectivity index (χ1) is 5.99. The van der Waals surface area contributed by atoms with E-state index in [-0.39, 0.29) is 6.09 Å². The van der Waals surface area contributed by atoms with Crippen LogP contribution in [-0.2, 0) is 4.74 Å². The lowest BCUT2D eigenvalue weighted by atomic mass is 10.2. The summed E-state index contributed by atoms with van der Waals surface area (Å²) >= 11 is 0. The molecule has 4 nitrogen and oxygen atoms in total. The summed E-state index contributed by atoms with van der Waals surface area (Å²) in [6.45, 7) is 10.4. The van der Waals surface area contributed by atoms with Gasteiger partial charge in [0.25, 0.3) is 0 Å².